The van der Waals surface area contributed by atoms with Crippen LogP contribution >= 0.6 is 0 Å². The summed E-state index contributed by atoms with van der Waals surface area (Å²) in [5.74, 6) is 0.758. The molecule has 0 aliphatic heterocycles. The van der Waals surface area contributed by atoms with Gasteiger partial charge in [-0.15, -0.1) is 0 Å². The third-order valence-corrected chi connectivity index (χ3v) is 2.93. The highest BCUT2D eigenvalue weighted by Gasteiger charge is 2.11. The molecule has 1 aromatic heterocycles. The van der Waals surface area contributed by atoms with E-state index in [-0.39, 0.29) is 0 Å². The van der Waals surface area contributed by atoms with Gasteiger partial charge in [-0.05, 0) is 37.5 Å². The summed E-state index contributed by atoms with van der Waals surface area (Å²) in [5, 5.41) is 0. The van der Waals surface area contributed by atoms with E-state index in [2.05, 4.69) is 31.8 Å². The Hall–Kier alpha value is -1.35. The summed E-state index contributed by atoms with van der Waals surface area (Å²) in [6.45, 7) is 6.88. The molecule has 0 atom stereocenters. The fraction of sp³-hybridized carbons (Fsp3) is 0.462. The maximum atomic E-state index is 5.75. The van der Waals surface area contributed by atoms with Gasteiger partial charge in [-0.1, -0.05) is 6.07 Å². The lowest BCUT2D eigenvalue weighted by Gasteiger charge is -2.01. The molecule has 0 N–H and O–H groups in total. The number of benzene rings is 1. The zero-order valence-corrected chi connectivity index (χ0v) is 10.3. The third-order valence-electron chi connectivity index (χ3n) is 2.93. The molecule has 0 unspecified atom stereocenters. The molecule has 0 aliphatic carbocycles. The van der Waals surface area contributed by atoms with Gasteiger partial charge in [0.1, 0.15) is 5.52 Å². The van der Waals surface area contributed by atoms with E-state index in [9.17, 15) is 0 Å². The first-order valence-corrected chi connectivity index (χ1v) is 5.48. The maximum Gasteiger partial charge on any atom is 0.197 e. The summed E-state index contributed by atoms with van der Waals surface area (Å²) >= 11 is 0. The Labute approximate surface area is 95.4 Å². The minimum absolute atomic E-state index is 0.643. The van der Waals surface area contributed by atoms with Crippen LogP contribution in [-0.4, -0.2) is 18.7 Å². The van der Waals surface area contributed by atoms with Gasteiger partial charge >= 0.3 is 0 Å². The van der Waals surface area contributed by atoms with Crippen molar-refractivity contribution in [2.45, 2.75) is 27.2 Å². The number of nitrogens with zero attached hydrogens (tertiary/aromatic N) is 1. The predicted molar refractivity (Wildman–Crippen MR) is 63.8 cm³/mol. The van der Waals surface area contributed by atoms with Gasteiger partial charge < -0.3 is 9.15 Å². The molecule has 1 heterocycles. The number of hydrogen-bond acceptors (Lipinski definition) is 3. The zero-order chi connectivity index (χ0) is 11.7. The number of rotatable bonds is 3. The van der Waals surface area contributed by atoms with Crippen molar-refractivity contribution in [1.82, 2.24) is 4.98 Å². The van der Waals surface area contributed by atoms with Crippen molar-refractivity contribution in [3.63, 3.8) is 0 Å². The second-order valence-electron chi connectivity index (χ2n) is 4.16. The molecule has 2 aromatic rings. The standard InChI is InChI=1S/C13H17NO2/c1-8-7-9(2)13-12(10(8)3)14-11(16-13)5-6-15-4/h7H,5-6H2,1-4H3. The minimum atomic E-state index is 0.643. The number of methoxy groups -OCH3 is 1. The van der Waals surface area contributed by atoms with Crippen LogP contribution in [-0.2, 0) is 11.2 Å². The van der Waals surface area contributed by atoms with Crippen LogP contribution in [0.1, 0.15) is 22.6 Å². The summed E-state index contributed by atoms with van der Waals surface area (Å²) in [6.07, 6.45) is 0.725. The third kappa shape index (κ3) is 1.83. The van der Waals surface area contributed by atoms with Crippen molar-refractivity contribution in [3.8, 4) is 0 Å². The molecule has 0 aliphatic rings. The fourth-order valence-electron chi connectivity index (χ4n) is 1.87. The van der Waals surface area contributed by atoms with Crippen LogP contribution in [0.5, 0.6) is 0 Å². The second-order valence-corrected chi connectivity index (χ2v) is 4.16. The normalized spacial score (nSPS) is 11.2. The molecule has 86 valence electrons. The van der Waals surface area contributed by atoms with Crippen molar-refractivity contribution < 1.29 is 9.15 Å². The SMILES string of the molecule is COCCc1nc2c(C)c(C)cc(C)c2o1. The van der Waals surface area contributed by atoms with Crippen molar-refractivity contribution in [1.29, 1.82) is 0 Å². The number of oxazole rings is 1. The molecule has 0 radical (unpaired) electrons. The first kappa shape index (κ1) is 11.1. The molecular formula is C13H17NO2. The first-order valence-electron chi connectivity index (χ1n) is 5.48. The van der Waals surface area contributed by atoms with Crippen LogP contribution < -0.4 is 0 Å². The largest absolute Gasteiger partial charge is 0.440 e. The highest BCUT2D eigenvalue weighted by molar-refractivity contribution is 5.81. The molecule has 0 saturated heterocycles. The number of fused-ring (bicyclic) bond motifs is 1. The monoisotopic (exact) mass is 219 g/mol. The van der Waals surface area contributed by atoms with E-state index in [1.54, 1.807) is 7.11 Å². The van der Waals surface area contributed by atoms with Gasteiger partial charge in [-0.25, -0.2) is 4.98 Å². The van der Waals surface area contributed by atoms with Gasteiger partial charge in [0.2, 0.25) is 0 Å². The lowest BCUT2D eigenvalue weighted by Crippen LogP contribution is -1.93. The molecule has 0 saturated carbocycles. The molecule has 16 heavy (non-hydrogen) atoms. The molecule has 3 nitrogen and oxygen atoms in total. The van der Waals surface area contributed by atoms with E-state index in [4.69, 9.17) is 9.15 Å². The summed E-state index contributed by atoms with van der Waals surface area (Å²) in [5.41, 5.74) is 5.51. The van der Waals surface area contributed by atoms with E-state index >= 15 is 0 Å². The number of ether oxygens (including phenoxy) is 1. The quantitative estimate of drug-likeness (QED) is 0.796. The van der Waals surface area contributed by atoms with E-state index < -0.39 is 0 Å². The Kier molecular flexibility index (Phi) is 2.97. The van der Waals surface area contributed by atoms with Gasteiger partial charge in [0, 0.05) is 13.5 Å². The molecule has 3 heteroatoms. The van der Waals surface area contributed by atoms with E-state index in [0.29, 0.717) is 6.61 Å². The smallest absolute Gasteiger partial charge is 0.197 e. The fourth-order valence-corrected chi connectivity index (χ4v) is 1.87. The van der Waals surface area contributed by atoms with Gasteiger partial charge in [-0.2, -0.15) is 0 Å². The molecule has 0 bridgehead atoms. The highest BCUT2D eigenvalue weighted by atomic mass is 16.5. The Bertz CT molecular complexity index is 514. The molecule has 1 aromatic carbocycles. The van der Waals surface area contributed by atoms with Crippen molar-refractivity contribution in [2.24, 2.45) is 0 Å². The first-order chi connectivity index (χ1) is 7.63. The average Bonchev–Trinajstić information content (AvgIpc) is 2.68. The molecule has 0 spiro atoms. The van der Waals surface area contributed by atoms with Crippen LogP contribution in [0, 0.1) is 20.8 Å². The van der Waals surface area contributed by atoms with Gasteiger partial charge in [0.05, 0.1) is 6.61 Å². The minimum Gasteiger partial charge on any atom is -0.440 e. The number of aromatic nitrogens is 1. The van der Waals surface area contributed by atoms with Crippen LogP contribution in [0.2, 0.25) is 0 Å². The highest BCUT2D eigenvalue weighted by Crippen LogP contribution is 2.25. The van der Waals surface area contributed by atoms with Gasteiger partial charge in [-0.3, -0.25) is 0 Å². The zero-order valence-electron chi connectivity index (χ0n) is 10.3. The predicted octanol–water partition coefficient (Wildman–Crippen LogP) is 2.94. The molecule has 0 amide bonds. The summed E-state index contributed by atoms with van der Waals surface area (Å²) in [4.78, 5) is 4.52. The molecular weight excluding hydrogens is 202 g/mol. The molecule has 2 rings (SSSR count). The van der Waals surface area contributed by atoms with Gasteiger partial charge in [0.25, 0.3) is 0 Å². The Morgan fingerprint density at radius 3 is 2.69 bits per heavy atom. The Morgan fingerprint density at radius 2 is 2.00 bits per heavy atom. The van der Waals surface area contributed by atoms with Crippen LogP contribution in [0.3, 0.4) is 0 Å². The van der Waals surface area contributed by atoms with Gasteiger partial charge in [0.15, 0.2) is 11.5 Å². The number of hydrogen-bond donors (Lipinski definition) is 0. The van der Waals surface area contributed by atoms with Crippen molar-refractivity contribution in [3.05, 3.63) is 28.6 Å². The topological polar surface area (TPSA) is 35.3 Å². The Morgan fingerprint density at radius 1 is 1.25 bits per heavy atom. The average molecular weight is 219 g/mol. The summed E-state index contributed by atoms with van der Waals surface area (Å²) in [7, 11) is 1.68. The summed E-state index contributed by atoms with van der Waals surface area (Å²) < 4.78 is 10.8. The van der Waals surface area contributed by atoms with Crippen LogP contribution in [0.25, 0.3) is 11.1 Å². The van der Waals surface area contributed by atoms with Crippen molar-refractivity contribution >= 4 is 11.1 Å². The van der Waals surface area contributed by atoms with Crippen molar-refractivity contribution in [2.75, 3.05) is 13.7 Å². The van der Waals surface area contributed by atoms with E-state index in [1.165, 1.54) is 11.1 Å². The number of aryl methyl sites for hydroxylation is 3. The lowest BCUT2D eigenvalue weighted by atomic mass is 10.1. The summed E-state index contributed by atoms with van der Waals surface area (Å²) in [6, 6.07) is 2.14. The maximum absolute atomic E-state index is 5.75. The van der Waals surface area contributed by atoms with E-state index in [0.717, 1.165) is 29.0 Å². The lowest BCUT2D eigenvalue weighted by molar-refractivity contribution is 0.196. The van der Waals surface area contributed by atoms with Crippen LogP contribution in [0.4, 0.5) is 0 Å². The Balaban J connectivity index is 2.52. The van der Waals surface area contributed by atoms with E-state index in [1.807, 2.05) is 0 Å². The second kappa shape index (κ2) is 4.26. The van der Waals surface area contributed by atoms with Crippen LogP contribution in [0.15, 0.2) is 10.5 Å². The molecule has 0 fully saturated rings.